The number of nitrogens with one attached hydrogen (secondary N) is 1. The van der Waals surface area contributed by atoms with E-state index in [4.69, 9.17) is 8.92 Å². The van der Waals surface area contributed by atoms with Crippen molar-refractivity contribution < 1.29 is 22.1 Å². The molecule has 0 radical (unpaired) electrons. The topological polar surface area (TPSA) is 105 Å². The van der Waals surface area contributed by atoms with Crippen LogP contribution in [0.3, 0.4) is 0 Å². The van der Waals surface area contributed by atoms with Crippen LogP contribution in [0.1, 0.15) is 5.56 Å². The van der Waals surface area contributed by atoms with Gasteiger partial charge in [-0.1, -0.05) is 24.3 Å². The van der Waals surface area contributed by atoms with Gasteiger partial charge in [0.05, 0.1) is 7.11 Å². The van der Waals surface area contributed by atoms with E-state index < -0.39 is 16.0 Å². The van der Waals surface area contributed by atoms with E-state index in [1.165, 1.54) is 37.5 Å². The monoisotopic (exact) mass is 560 g/mol. The summed E-state index contributed by atoms with van der Waals surface area (Å²) in [6.07, 6.45) is 1.34. The third-order valence-electron chi connectivity index (χ3n) is 4.20. The minimum absolute atomic E-state index is 0.0161. The number of benzene rings is 3. The lowest BCUT2D eigenvalue weighted by Crippen LogP contribution is -2.13. The van der Waals surface area contributed by atoms with E-state index in [9.17, 15) is 18.5 Å². The van der Waals surface area contributed by atoms with Gasteiger partial charge in [0.15, 0.2) is 11.5 Å². The van der Waals surface area contributed by atoms with Crippen molar-refractivity contribution in [3.63, 3.8) is 0 Å². The maximum absolute atomic E-state index is 12.6. The largest absolute Gasteiger partial charge is 0.493 e. The molecule has 3 aromatic rings. The Morgan fingerprint density at radius 1 is 1.03 bits per heavy atom. The van der Waals surface area contributed by atoms with E-state index in [2.05, 4.69) is 27.9 Å². The van der Waals surface area contributed by atoms with Gasteiger partial charge in [-0.15, -0.1) is 0 Å². The molecule has 3 rings (SSSR count). The number of hydrogen-bond acceptors (Lipinski definition) is 6. The van der Waals surface area contributed by atoms with Crippen molar-refractivity contribution in [3.05, 3.63) is 87.5 Å². The van der Waals surface area contributed by atoms with Crippen molar-refractivity contribution in [2.24, 2.45) is 0 Å². The molecule has 0 spiro atoms. The first-order valence-electron chi connectivity index (χ1n) is 9.18. The molecule has 9 heteroatoms. The molecular formula is C23H17IN2O5S. The fraction of sp³-hybridized carbons (Fsp3) is 0.0435. The lowest BCUT2D eigenvalue weighted by atomic mass is 10.1. The molecule has 0 fully saturated rings. The summed E-state index contributed by atoms with van der Waals surface area (Å²) in [5.74, 6) is -0.479. The summed E-state index contributed by atoms with van der Waals surface area (Å²) in [5, 5.41) is 12.1. The zero-order chi connectivity index (χ0) is 23.1. The fourth-order valence-electron chi connectivity index (χ4n) is 2.65. The third-order valence-corrected chi connectivity index (χ3v) is 6.16. The molecule has 0 aliphatic rings. The van der Waals surface area contributed by atoms with Gasteiger partial charge in [0.25, 0.3) is 5.91 Å². The molecule has 0 aliphatic heterocycles. The molecular weight excluding hydrogens is 543 g/mol. The van der Waals surface area contributed by atoms with E-state index in [0.717, 1.165) is 3.57 Å². The van der Waals surface area contributed by atoms with Crippen molar-refractivity contribution in [2.75, 3.05) is 12.4 Å². The standard InChI is InChI=1S/C23H17IN2O5S/c1-30-21-12-7-16(14-22(21)31-32(28,29)20-5-3-2-4-6-20)13-17(15-25)23(27)26-19-10-8-18(24)9-11-19/h2-14H,1H3,(H,26,27)/b17-13+. The van der Waals surface area contributed by atoms with Gasteiger partial charge in [-0.2, -0.15) is 13.7 Å². The first-order valence-corrected chi connectivity index (χ1v) is 11.7. The summed E-state index contributed by atoms with van der Waals surface area (Å²) >= 11 is 2.15. The zero-order valence-electron chi connectivity index (χ0n) is 16.8. The van der Waals surface area contributed by atoms with Crippen LogP contribution in [0.2, 0.25) is 0 Å². The predicted octanol–water partition coefficient (Wildman–Crippen LogP) is 4.61. The van der Waals surface area contributed by atoms with Crippen LogP contribution in [0.25, 0.3) is 6.08 Å². The number of ether oxygens (including phenoxy) is 1. The van der Waals surface area contributed by atoms with Crippen LogP contribution in [0.5, 0.6) is 11.5 Å². The number of nitriles is 1. The average Bonchev–Trinajstić information content (AvgIpc) is 2.79. The number of carbonyl (C=O) groups excluding carboxylic acids is 1. The second-order valence-corrected chi connectivity index (χ2v) is 9.18. The highest BCUT2D eigenvalue weighted by atomic mass is 127. The second kappa shape index (κ2) is 10.3. The molecule has 0 heterocycles. The summed E-state index contributed by atoms with van der Waals surface area (Å²) in [6.45, 7) is 0. The number of methoxy groups -OCH3 is 1. The molecule has 7 nitrogen and oxygen atoms in total. The summed E-state index contributed by atoms with van der Waals surface area (Å²) < 4.78 is 36.6. The van der Waals surface area contributed by atoms with Crippen LogP contribution in [0.4, 0.5) is 5.69 Å². The van der Waals surface area contributed by atoms with Gasteiger partial charge in [0.2, 0.25) is 0 Å². The van der Waals surface area contributed by atoms with Crippen LogP contribution in [0, 0.1) is 14.9 Å². The van der Waals surface area contributed by atoms with Crippen molar-refractivity contribution in [3.8, 4) is 17.6 Å². The van der Waals surface area contributed by atoms with Gasteiger partial charge < -0.3 is 14.2 Å². The van der Waals surface area contributed by atoms with Gasteiger partial charge in [0.1, 0.15) is 16.5 Å². The first kappa shape index (κ1) is 23.3. The van der Waals surface area contributed by atoms with E-state index in [1.807, 2.05) is 18.2 Å². The quantitative estimate of drug-likeness (QED) is 0.196. The zero-order valence-corrected chi connectivity index (χ0v) is 19.8. The molecule has 0 saturated carbocycles. The summed E-state index contributed by atoms with van der Waals surface area (Å²) in [6, 6.07) is 21.1. The van der Waals surface area contributed by atoms with Gasteiger partial charge in [-0.25, -0.2) is 0 Å². The number of amides is 1. The maximum atomic E-state index is 12.6. The average molecular weight is 560 g/mol. The van der Waals surface area contributed by atoms with Gasteiger partial charge in [0, 0.05) is 9.26 Å². The highest BCUT2D eigenvalue weighted by Gasteiger charge is 2.19. The molecule has 0 aliphatic carbocycles. The number of hydrogen-bond donors (Lipinski definition) is 1. The van der Waals surface area contributed by atoms with Crippen molar-refractivity contribution in [1.82, 2.24) is 0 Å². The van der Waals surface area contributed by atoms with Crippen LogP contribution >= 0.6 is 22.6 Å². The third kappa shape index (κ3) is 5.87. The maximum Gasteiger partial charge on any atom is 0.339 e. The highest BCUT2D eigenvalue weighted by molar-refractivity contribution is 14.1. The van der Waals surface area contributed by atoms with E-state index in [0.29, 0.717) is 11.3 Å². The summed E-state index contributed by atoms with van der Waals surface area (Å²) in [4.78, 5) is 12.5. The smallest absolute Gasteiger partial charge is 0.339 e. The molecule has 0 aromatic heterocycles. The lowest BCUT2D eigenvalue weighted by Gasteiger charge is -2.11. The Labute approximate surface area is 199 Å². The Kier molecular flexibility index (Phi) is 7.50. The van der Waals surface area contributed by atoms with Crippen molar-refractivity contribution >= 4 is 50.4 Å². The molecule has 162 valence electrons. The van der Waals surface area contributed by atoms with Crippen LogP contribution < -0.4 is 14.2 Å². The Morgan fingerprint density at radius 3 is 2.34 bits per heavy atom. The number of anilines is 1. The Morgan fingerprint density at radius 2 is 1.72 bits per heavy atom. The second-order valence-electron chi connectivity index (χ2n) is 6.39. The number of rotatable bonds is 7. The molecule has 0 atom stereocenters. The van der Waals surface area contributed by atoms with Gasteiger partial charge in [-0.3, -0.25) is 4.79 Å². The minimum atomic E-state index is -4.10. The van der Waals surface area contributed by atoms with Crippen LogP contribution in [-0.4, -0.2) is 21.4 Å². The van der Waals surface area contributed by atoms with Gasteiger partial charge >= 0.3 is 10.1 Å². The Bertz CT molecular complexity index is 1300. The molecule has 0 bridgehead atoms. The minimum Gasteiger partial charge on any atom is -0.493 e. The fourth-order valence-corrected chi connectivity index (χ4v) is 3.96. The normalized spacial score (nSPS) is 11.3. The highest BCUT2D eigenvalue weighted by Crippen LogP contribution is 2.31. The Hall–Kier alpha value is -3.36. The van der Waals surface area contributed by atoms with Crippen LogP contribution in [-0.2, 0) is 14.9 Å². The summed E-state index contributed by atoms with van der Waals surface area (Å²) in [5.41, 5.74) is 0.772. The lowest BCUT2D eigenvalue weighted by molar-refractivity contribution is -0.112. The predicted molar refractivity (Wildman–Crippen MR) is 129 cm³/mol. The van der Waals surface area contributed by atoms with Gasteiger partial charge in [-0.05, 0) is 82.8 Å². The number of nitrogens with zero attached hydrogens (tertiary/aromatic N) is 1. The molecule has 1 amide bonds. The van der Waals surface area contributed by atoms with Crippen molar-refractivity contribution in [1.29, 1.82) is 5.26 Å². The number of carbonyl (C=O) groups is 1. The SMILES string of the molecule is COc1ccc(/C=C(\C#N)C(=O)Nc2ccc(I)cc2)cc1OS(=O)(=O)c1ccccc1. The molecule has 32 heavy (non-hydrogen) atoms. The first-order chi connectivity index (χ1) is 15.3. The molecule has 3 aromatic carbocycles. The summed E-state index contributed by atoms with van der Waals surface area (Å²) in [7, 11) is -2.73. The molecule has 1 N–H and O–H groups in total. The Balaban J connectivity index is 1.89. The molecule has 0 unspecified atom stereocenters. The van der Waals surface area contributed by atoms with E-state index in [1.54, 1.807) is 36.4 Å². The number of halogens is 1. The van der Waals surface area contributed by atoms with Crippen LogP contribution in [0.15, 0.2) is 83.3 Å². The van der Waals surface area contributed by atoms with E-state index in [-0.39, 0.29) is 22.0 Å². The van der Waals surface area contributed by atoms with Crippen molar-refractivity contribution in [2.45, 2.75) is 4.90 Å². The molecule has 0 saturated heterocycles. The van der Waals surface area contributed by atoms with E-state index >= 15 is 0 Å².